The van der Waals surface area contributed by atoms with Crippen molar-refractivity contribution in [1.29, 1.82) is 0 Å². The summed E-state index contributed by atoms with van der Waals surface area (Å²) >= 11 is 5.94. The molecule has 22 heavy (non-hydrogen) atoms. The van der Waals surface area contributed by atoms with E-state index in [-0.39, 0.29) is 6.79 Å². The summed E-state index contributed by atoms with van der Waals surface area (Å²) in [6.07, 6.45) is 1.68. The minimum Gasteiger partial charge on any atom is -0.454 e. The first-order chi connectivity index (χ1) is 10.8. The maximum absolute atomic E-state index is 5.94. The van der Waals surface area contributed by atoms with Crippen molar-refractivity contribution in [2.24, 2.45) is 5.10 Å². The van der Waals surface area contributed by atoms with Gasteiger partial charge in [0.2, 0.25) is 12.7 Å². The molecule has 2 heterocycles. The molecule has 0 spiro atoms. The summed E-state index contributed by atoms with van der Waals surface area (Å²) in [6, 6.07) is 11.1. The van der Waals surface area contributed by atoms with Gasteiger partial charge in [-0.15, -0.1) is 0 Å². The summed E-state index contributed by atoms with van der Waals surface area (Å²) in [7, 11) is 0. The minimum atomic E-state index is 0.260. The molecule has 0 fully saturated rings. The summed E-state index contributed by atoms with van der Waals surface area (Å²) in [5, 5.41) is 4.82. The van der Waals surface area contributed by atoms with E-state index in [0.29, 0.717) is 11.0 Å². The van der Waals surface area contributed by atoms with Gasteiger partial charge in [0, 0.05) is 5.02 Å². The molecule has 1 aliphatic heterocycles. The Labute approximate surface area is 130 Å². The number of nitrogens with zero attached hydrogens (tertiary/aromatic N) is 2. The van der Waals surface area contributed by atoms with Gasteiger partial charge in [0.05, 0.1) is 17.2 Å². The summed E-state index contributed by atoms with van der Waals surface area (Å²) in [5.74, 6) is 2.02. The van der Waals surface area contributed by atoms with Crippen LogP contribution in [0.25, 0.3) is 11.0 Å². The highest BCUT2D eigenvalue weighted by atomic mass is 35.5. The SMILES string of the molecule is Clc1ccc2nc(N/N=C/c3ccc4c(c3)OCO4)[nH]c2c1. The molecule has 0 bridgehead atoms. The zero-order chi connectivity index (χ0) is 14.9. The molecule has 2 N–H and O–H groups in total. The van der Waals surface area contributed by atoms with E-state index >= 15 is 0 Å². The quantitative estimate of drug-likeness (QED) is 0.574. The van der Waals surface area contributed by atoms with Gasteiger partial charge >= 0.3 is 0 Å². The van der Waals surface area contributed by atoms with Gasteiger partial charge in [-0.2, -0.15) is 5.10 Å². The molecule has 110 valence electrons. The molecule has 6 nitrogen and oxygen atoms in total. The average molecular weight is 315 g/mol. The van der Waals surface area contributed by atoms with Crippen LogP contribution in [0.4, 0.5) is 5.95 Å². The molecule has 2 aromatic carbocycles. The smallest absolute Gasteiger partial charge is 0.231 e. The fourth-order valence-electron chi connectivity index (χ4n) is 2.20. The molecular weight excluding hydrogens is 304 g/mol. The maximum Gasteiger partial charge on any atom is 0.231 e. The number of rotatable bonds is 3. The van der Waals surface area contributed by atoms with Crippen LogP contribution in [0.2, 0.25) is 5.02 Å². The lowest BCUT2D eigenvalue weighted by Crippen LogP contribution is -1.93. The predicted octanol–water partition coefficient (Wildman–Crippen LogP) is 3.39. The topological polar surface area (TPSA) is 71.5 Å². The first-order valence-electron chi connectivity index (χ1n) is 6.62. The molecule has 0 atom stereocenters. The lowest BCUT2D eigenvalue weighted by atomic mass is 10.2. The number of ether oxygens (including phenoxy) is 2. The van der Waals surface area contributed by atoms with Crippen molar-refractivity contribution in [3.63, 3.8) is 0 Å². The number of imidazole rings is 1. The first-order valence-corrected chi connectivity index (χ1v) is 7.00. The Kier molecular flexibility index (Phi) is 3.08. The van der Waals surface area contributed by atoms with Gasteiger partial charge < -0.3 is 14.5 Å². The number of aromatic nitrogens is 2. The van der Waals surface area contributed by atoms with Crippen molar-refractivity contribution < 1.29 is 9.47 Å². The number of hydrazone groups is 1. The number of hydrogen-bond acceptors (Lipinski definition) is 5. The largest absolute Gasteiger partial charge is 0.454 e. The minimum absolute atomic E-state index is 0.260. The fraction of sp³-hybridized carbons (Fsp3) is 0.0667. The normalized spacial score (nSPS) is 13.1. The van der Waals surface area contributed by atoms with E-state index in [1.165, 1.54) is 0 Å². The van der Waals surface area contributed by atoms with Crippen LogP contribution in [0.1, 0.15) is 5.56 Å². The molecule has 3 aromatic rings. The Morgan fingerprint density at radius 3 is 3.05 bits per heavy atom. The number of hydrogen-bond donors (Lipinski definition) is 2. The Morgan fingerprint density at radius 2 is 2.09 bits per heavy atom. The zero-order valence-electron chi connectivity index (χ0n) is 11.3. The summed E-state index contributed by atoms with van der Waals surface area (Å²) < 4.78 is 10.6. The second kappa shape index (κ2) is 5.23. The molecule has 0 saturated heterocycles. The number of benzene rings is 2. The zero-order valence-corrected chi connectivity index (χ0v) is 12.1. The number of aromatic amines is 1. The van der Waals surface area contributed by atoms with Crippen LogP contribution in [0.5, 0.6) is 11.5 Å². The molecule has 7 heteroatoms. The number of nitrogens with one attached hydrogen (secondary N) is 2. The van der Waals surface area contributed by atoms with Crippen molar-refractivity contribution >= 4 is 34.8 Å². The lowest BCUT2D eigenvalue weighted by molar-refractivity contribution is 0.174. The molecule has 0 unspecified atom stereocenters. The van der Waals surface area contributed by atoms with Gasteiger partial charge in [0.1, 0.15) is 0 Å². The van der Waals surface area contributed by atoms with Crippen molar-refractivity contribution in [3.8, 4) is 11.5 Å². The molecule has 0 saturated carbocycles. The number of fused-ring (bicyclic) bond motifs is 2. The van der Waals surface area contributed by atoms with Crippen LogP contribution in [0.3, 0.4) is 0 Å². The standard InChI is InChI=1S/C15H11ClN4O2/c16-10-2-3-11-12(6-10)19-15(18-11)20-17-7-9-1-4-13-14(5-9)22-8-21-13/h1-7H,8H2,(H2,18,19,20)/b17-7+. The van der Waals surface area contributed by atoms with E-state index in [1.54, 1.807) is 12.3 Å². The first kappa shape index (κ1) is 13.0. The second-order valence-corrected chi connectivity index (χ2v) is 5.17. The van der Waals surface area contributed by atoms with Crippen LogP contribution in [-0.4, -0.2) is 23.0 Å². The fourth-order valence-corrected chi connectivity index (χ4v) is 2.37. The third-order valence-electron chi connectivity index (χ3n) is 3.22. The number of halogens is 1. The third kappa shape index (κ3) is 2.44. The molecule has 0 amide bonds. The monoisotopic (exact) mass is 314 g/mol. The highest BCUT2D eigenvalue weighted by Gasteiger charge is 2.12. The van der Waals surface area contributed by atoms with Crippen LogP contribution in [0, 0.1) is 0 Å². The van der Waals surface area contributed by atoms with E-state index < -0.39 is 0 Å². The Hall–Kier alpha value is -2.73. The third-order valence-corrected chi connectivity index (χ3v) is 3.46. The summed E-state index contributed by atoms with van der Waals surface area (Å²) in [4.78, 5) is 7.46. The van der Waals surface area contributed by atoms with Crippen molar-refractivity contribution in [2.75, 3.05) is 12.2 Å². The second-order valence-electron chi connectivity index (χ2n) is 4.73. The maximum atomic E-state index is 5.94. The summed E-state index contributed by atoms with van der Waals surface area (Å²) in [5.41, 5.74) is 5.44. The van der Waals surface area contributed by atoms with Gasteiger partial charge in [-0.1, -0.05) is 11.6 Å². The Balaban J connectivity index is 1.51. The van der Waals surface area contributed by atoms with Crippen LogP contribution >= 0.6 is 11.6 Å². The highest BCUT2D eigenvalue weighted by Crippen LogP contribution is 2.32. The van der Waals surface area contributed by atoms with E-state index in [1.807, 2.05) is 30.3 Å². The predicted molar refractivity (Wildman–Crippen MR) is 84.9 cm³/mol. The molecule has 4 rings (SSSR count). The average Bonchev–Trinajstić information content (AvgIpc) is 3.12. The van der Waals surface area contributed by atoms with Crippen molar-refractivity contribution in [3.05, 3.63) is 47.0 Å². The van der Waals surface area contributed by atoms with Crippen LogP contribution in [0.15, 0.2) is 41.5 Å². The van der Waals surface area contributed by atoms with Gasteiger partial charge in [0.15, 0.2) is 11.5 Å². The van der Waals surface area contributed by atoms with Crippen LogP contribution < -0.4 is 14.9 Å². The highest BCUT2D eigenvalue weighted by molar-refractivity contribution is 6.31. The van der Waals surface area contributed by atoms with Crippen LogP contribution in [-0.2, 0) is 0 Å². The van der Waals surface area contributed by atoms with E-state index in [0.717, 1.165) is 28.1 Å². The van der Waals surface area contributed by atoms with Gasteiger partial charge in [-0.3, -0.25) is 0 Å². The van der Waals surface area contributed by atoms with E-state index in [9.17, 15) is 0 Å². The van der Waals surface area contributed by atoms with Gasteiger partial charge in [0.25, 0.3) is 0 Å². The molecule has 1 aliphatic rings. The number of anilines is 1. The van der Waals surface area contributed by atoms with E-state index in [4.69, 9.17) is 21.1 Å². The molecular formula is C15H11ClN4O2. The molecule has 0 radical (unpaired) electrons. The van der Waals surface area contributed by atoms with Gasteiger partial charge in [-0.05, 0) is 42.0 Å². The Morgan fingerprint density at radius 1 is 1.18 bits per heavy atom. The Bertz CT molecular complexity index is 875. The molecule has 0 aliphatic carbocycles. The molecule has 1 aromatic heterocycles. The number of H-pyrrole nitrogens is 1. The van der Waals surface area contributed by atoms with E-state index in [2.05, 4.69) is 20.5 Å². The van der Waals surface area contributed by atoms with Crippen molar-refractivity contribution in [2.45, 2.75) is 0 Å². The lowest BCUT2D eigenvalue weighted by Gasteiger charge is -1.97. The van der Waals surface area contributed by atoms with Crippen molar-refractivity contribution in [1.82, 2.24) is 9.97 Å². The summed E-state index contributed by atoms with van der Waals surface area (Å²) in [6.45, 7) is 0.260. The van der Waals surface area contributed by atoms with Gasteiger partial charge in [-0.25, -0.2) is 10.4 Å².